The number of thioether (sulfide) groups is 1. The second-order valence-electron chi connectivity index (χ2n) is 19.5. The Morgan fingerprint density at radius 2 is 1.27 bits per heavy atom. The number of fused-ring (bicyclic) bond motifs is 3. The number of carboxylic acid groups (broad SMARTS) is 3. The van der Waals surface area contributed by atoms with Crippen LogP contribution in [-0.2, 0) is 41.2 Å². The first-order valence-corrected chi connectivity index (χ1v) is 25.6. The molecule has 4 aliphatic heterocycles. The van der Waals surface area contributed by atoms with Crippen LogP contribution in [0.4, 0.5) is 22.7 Å². The molecule has 0 bridgehead atoms. The molecule has 7 rings (SSSR count). The van der Waals surface area contributed by atoms with E-state index in [0.717, 1.165) is 53.3 Å². The summed E-state index contributed by atoms with van der Waals surface area (Å²) in [5.74, 6) is -2.69. The molecule has 15 heteroatoms. The highest BCUT2D eigenvalue weighted by Crippen LogP contribution is 2.49. The molecule has 70 heavy (non-hydrogen) atoms. The number of carboxylic acids is 3. The normalized spacial score (nSPS) is 19.0. The molecule has 3 N–H and O–H groups in total. The Morgan fingerprint density at radius 1 is 0.671 bits per heavy atom. The Bertz CT molecular complexity index is 2610. The highest BCUT2D eigenvalue weighted by atomic mass is 32.2. The third-order valence-electron chi connectivity index (χ3n) is 13.9. The number of rotatable bonds is 23. The van der Waals surface area contributed by atoms with Gasteiger partial charge >= 0.3 is 17.9 Å². The fourth-order valence-electron chi connectivity index (χ4n) is 10.3. The lowest BCUT2D eigenvalue weighted by Gasteiger charge is -2.32. The van der Waals surface area contributed by atoms with Gasteiger partial charge in [0.05, 0.1) is 48.1 Å². The van der Waals surface area contributed by atoms with Crippen LogP contribution in [-0.4, -0.2) is 92.9 Å². The number of anilines is 4. The predicted octanol–water partition coefficient (Wildman–Crippen LogP) is 10.2. The van der Waals surface area contributed by atoms with Crippen molar-refractivity contribution in [1.29, 1.82) is 0 Å². The molecule has 4 aliphatic rings. The lowest BCUT2D eigenvalue weighted by molar-refractivity contribution is -0.137. The first-order valence-electron chi connectivity index (χ1n) is 24.4. The van der Waals surface area contributed by atoms with Gasteiger partial charge < -0.3 is 34.9 Å². The van der Waals surface area contributed by atoms with Crippen LogP contribution in [0, 0.1) is 0 Å². The zero-order chi connectivity index (χ0) is 50.3. The minimum atomic E-state index is -0.958. The van der Waals surface area contributed by atoms with Gasteiger partial charge in [0, 0.05) is 60.5 Å². The van der Waals surface area contributed by atoms with Crippen molar-refractivity contribution in [2.75, 3.05) is 52.3 Å². The maximum absolute atomic E-state index is 13.9. The number of hydrogen-bond donors (Lipinski definition) is 3. The van der Waals surface area contributed by atoms with Crippen LogP contribution >= 0.6 is 24.0 Å². The number of carbonyl (C=O) groups is 5. The summed E-state index contributed by atoms with van der Waals surface area (Å²) in [4.78, 5) is 73.2. The van der Waals surface area contributed by atoms with Gasteiger partial charge in [-0.05, 0) is 65.6 Å². The molecule has 1 amide bonds. The number of benzene rings is 3. The van der Waals surface area contributed by atoms with E-state index in [1.54, 1.807) is 0 Å². The van der Waals surface area contributed by atoms with Crippen molar-refractivity contribution in [3.8, 4) is 0 Å². The van der Waals surface area contributed by atoms with E-state index in [1.165, 1.54) is 53.6 Å². The van der Waals surface area contributed by atoms with Crippen molar-refractivity contribution < 1.29 is 39.3 Å². The van der Waals surface area contributed by atoms with Gasteiger partial charge in [0.25, 0.3) is 5.91 Å². The van der Waals surface area contributed by atoms with Crippen LogP contribution in [0.15, 0.2) is 114 Å². The van der Waals surface area contributed by atoms with Gasteiger partial charge in [-0.3, -0.25) is 28.9 Å². The maximum Gasteiger partial charge on any atom is 0.305 e. The quantitative estimate of drug-likeness (QED) is 0.0467. The van der Waals surface area contributed by atoms with E-state index in [4.69, 9.17) is 12.2 Å². The van der Waals surface area contributed by atoms with Crippen LogP contribution in [0.25, 0.3) is 0 Å². The van der Waals surface area contributed by atoms with Gasteiger partial charge in [-0.15, -0.1) is 0 Å². The SMILES string of the molecule is CCCCCCCCN1/C(=C\C=C2\SC(=S)N(CC(=O)Cc3ccc4c(c3)C(C)(C)C(/C=C/C=C3N(CCC(=O)O)c5ccccc5N3CCC(=O)O)N4CCC(=O)O)C2=O)C(C)(C)c2ccccc21. The molecular weight excluding hydrogens is 923 g/mol. The van der Waals surface area contributed by atoms with Crippen molar-refractivity contribution in [1.82, 2.24) is 4.90 Å². The third kappa shape index (κ3) is 11.2. The number of Topliss-reactive ketones (excluding diaryl/α,β-unsaturated/α-hetero) is 1. The van der Waals surface area contributed by atoms with E-state index < -0.39 is 23.3 Å². The largest absolute Gasteiger partial charge is 0.481 e. The van der Waals surface area contributed by atoms with Crippen molar-refractivity contribution in [3.05, 3.63) is 130 Å². The lowest BCUT2D eigenvalue weighted by atomic mass is 9.79. The number of hydrogen-bond acceptors (Lipinski definition) is 11. The lowest BCUT2D eigenvalue weighted by Crippen LogP contribution is -2.41. The summed E-state index contributed by atoms with van der Waals surface area (Å²) in [6, 6.07) is 21.5. The molecule has 0 aromatic heterocycles. The van der Waals surface area contributed by atoms with E-state index in [0.29, 0.717) is 15.0 Å². The highest BCUT2D eigenvalue weighted by molar-refractivity contribution is 8.26. The molecule has 1 atom stereocenters. The maximum atomic E-state index is 13.9. The second kappa shape index (κ2) is 22.3. The first kappa shape index (κ1) is 51.7. The summed E-state index contributed by atoms with van der Waals surface area (Å²) >= 11 is 6.91. The Balaban J connectivity index is 1.07. The van der Waals surface area contributed by atoms with Gasteiger partial charge in [0.15, 0.2) is 5.78 Å². The number of carbonyl (C=O) groups excluding carboxylic acids is 2. The monoisotopic (exact) mass is 987 g/mol. The Morgan fingerprint density at radius 3 is 1.91 bits per heavy atom. The second-order valence-corrected chi connectivity index (χ2v) is 21.1. The van der Waals surface area contributed by atoms with Crippen molar-refractivity contribution >= 4 is 80.6 Å². The fraction of sp³-hybridized carbons (Fsp3) is 0.418. The van der Waals surface area contributed by atoms with Crippen molar-refractivity contribution in [3.63, 3.8) is 0 Å². The standard InChI is InChI=1S/C55H65N5O8S2/c1-6-7-8-9-10-15-30-56-41-18-12-11-17-39(41)54(2,3)47(56)26-25-45-52(68)60(53(69)70-45)36-38(61)34-37-23-24-42-40(35-37)55(4,5)46(57(42)31-27-49(62)63)21-16-22-48-58(32-28-50(64)65)43-19-13-14-20-44(43)59(48)33-29-51(66)67/h11-14,16-26,35,46H,6-10,15,27-34,36H2,1-5H3,(H,62,63)(H,64,65)(H,66,67)/b21-16+,45-25+,47-26-. The molecule has 3 aromatic carbocycles. The summed E-state index contributed by atoms with van der Waals surface area (Å²) in [5.41, 5.74) is 6.83. The molecule has 370 valence electrons. The molecule has 1 fully saturated rings. The molecule has 0 aliphatic carbocycles. The number of amides is 1. The van der Waals surface area contributed by atoms with E-state index in [9.17, 15) is 39.3 Å². The topological polar surface area (TPSA) is 162 Å². The summed E-state index contributed by atoms with van der Waals surface area (Å²) in [5, 5.41) is 28.9. The van der Waals surface area contributed by atoms with Crippen LogP contribution in [0.3, 0.4) is 0 Å². The zero-order valence-corrected chi connectivity index (χ0v) is 42.5. The molecule has 4 heterocycles. The van der Waals surface area contributed by atoms with Crippen LogP contribution in [0.2, 0.25) is 0 Å². The summed E-state index contributed by atoms with van der Waals surface area (Å²) < 4.78 is 0.339. The van der Waals surface area contributed by atoms with E-state index >= 15 is 0 Å². The number of nitrogens with zero attached hydrogens (tertiary/aromatic N) is 5. The van der Waals surface area contributed by atoms with E-state index in [2.05, 4.69) is 74.8 Å². The number of ketones is 1. The smallest absolute Gasteiger partial charge is 0.305 e. The third-order valence-corrected chi connectivity index (χ3v) is 15.3. The number of para-hydroxylation sites is 3. The average molecular weight is 988 g/mol. The Hall–Kier alpha value is -6.19. The van der Waals surface area contributed by atoms with Gasteiger partial charge in [-0.25, -0.2) is 0 Å². The Kier molecular flexibility index (Phi) is 16.4. The van der Waals surface area contributed by atoms with Crippen LogP contribution in [0.5, 0.6) is 0 Å². The fourth-order valence-corrected chi connectivity index (χ4v) is 11.5. The average Bonchev–Trinajstić information content (AvgIpc) is 3.91. The van der Waals surface area contributed by atoms with E-state index in [-0.39, 0.29) is 75.0 Å². The molecule has 13 nitrogen and oxygen atoms in total. The summed E-state index contributed by atoms with van der Waals surface area (Å²) in [7, 11) is 0. The number of thiocarbonyl (C=S) groups is 1. The van der Waals surface area contributed by atoms with Gasteiger partial charge in [-0.2, -0.15) is 0 Å². The Labute approximate surface area is 421 Å². The highest BCUT2D eigenvalue weighted by Gasteiger charge is 2.44. The molecule has 3 aromatic rings. The summed E-state index contributed by atoms with van der Waals surface area (Å²) in [6.45, 7) is 12.1. The minimum absolute atomic E-state index is 0.0595. The molecule has 1 saturated heterocycles. The number of allylic oxidation sites excluding steroid dienone is 5. The van der Waals surface area contributed by atoms with E-state index in [1.807, 2.05) is 76.6 Å². The zero-order valence-electron chi connectivity index (χ0n) is 40.9. The number of aliphatic carboxylic acids is 3. The van der Waals surface area contributed by atoms with Crippen LogP contribution in [0.1, 0.15) is 109 Å². The molecule has 0 radical (unpaired) electrons. The molecule has 0 spiro atoms. The molecule has 1 unspecified atom stereocenters. The van der Waals surface area contributed by atoms with Gasteiger partial charge in [-0.1, -0.05) is 145 Å². The van der Waals surface area contributed by atoms with Crippen molar-refractivity contribution in [2.45, 2.75) is 116 Å². The van der Waals surface area contributed by atoms with Crippen LogP contribution < -0.4 is 19.6 Å². The minimum Gasteiger partial charge on any atom is -0.481 e. The first-order chi connectivity index (χ1) is 33.4. The van der Waals surface area contributed by atoms with Gasteiger partial charge in [0.1, 0.15) is 10.1 Å². The summed E-state index contributed by atoms with van der Waals surface area (Å²) in [6.07, 6.45) is 16.5. The molecule has 0 saturated carbocycles. The van der Waals surface area contributed by atoms with Gasteiger partial charge in [0.2, 0.25) is 0 Å². The van der Waals surface area contributed by atoms with Crippen molar-refractivity contribution in [2.24, 2.45) is 0 Å². The predicted molar refractivity (Wildman–Crippen MR) is 283 cm³/mol. The molecular formula is C55H65N5O8S2. The number of unbranched alkanes of at least 4 members (excludes halogenated alkanes) is 5.